The Kier molecular flexibility index (Phi) is 6.48. The normalized spacial score (nSPS) is 14.4. The number of nitrogens with zero attached hydrogens (tertiary/aromatic N) is 3. The van der Waals surface area contributed by atoms with E-state index in [0.29, 0.717) is 23.1 Å². The maximum atomic E-state index is 12.7. The van der Waals surface area contributed by atoms with Crippen LogP contribution in [0.2, 0.25) is 0 Å². The summed E-state index contributed by atoms with van der Waals surface area (Å²) in [7, 11) is -3.68. The fourth-order valence-electron chi connectivity index (χ4n) is 3.51. The number of ether oxygens (including phenoxy) is 1. The van der Waals surface area contributed by atoms with Crippen LogP contribution in [-0.4, -0.2) is 31.5 Å². The van der Waals surface area contributed by atoms with Gasteiger partial charge in [-0.25, -0.2) is 23.1 Å². The molecule has 2 aromatic carbocycles. The van der Waals surface area contributed by atoms with E-state index in [9.17, 15) is 8.42 Å². The Morgan fingerprint density at radius 2 is 1.61 bits per heavy atom. The summed E-state index contributed by atoms with van der Waals surface area (Å²) < 4.78 is 33.8. The SMILES string of the molecule is Cc1cc(CNS(=O)(=O)c2ccc(Oc3ccccc3)cc2)nc(N2CCCCC2)n1. The van der Waals surface area contributed by atoms with E-state index < -0.39 is 10.0 Å². The van der Waals surface area contributed by atoms with Crippen molar-refractivity contribution in [1.82, 2.24) is 14.7 Å². The minimum absolute atomic E-state index is 0.106. The number of aryl methyl sites for hydroxylation is 1. The van der Waals surface area contributed by atoms with Gasteiger partial charge in [0.25, 0.3) is 0 Å². The van der Waals surface area contributed by atoms with E-state index in [0.717, 1.165) is 31.6 Å². The molecule has 1 aliphatic rings. The van der Waals surface area contributed by atoms with Gasteiger partial charge in [-0.1, -0.05) is 18.2 Å². The van der Waals surface area contributed by atoms with Gasteiger partial charge in [-0.2, -0.15) is 0 Å². The van der Waals surface area contributed by atoms with Crippen LogP contribution in [0, 0.1) is 6.92 Å². The van der Waals surface area contributed by atoms with Gasteiger partial charge in [0.1, 0.15) is 11.5 Å². The van der Waals surface area contributed by atoms with E-state index >= 15 is 0 Å². The second-order valence-corrected chi connectivity index (χ2v) is 9.33. The zero-order valence-electron chi connectivity index (χ0n) is 17.5. The summed E-state index contributed by atoms with van der Waals surface area (Å²) >= 11 is 0. The first-order valence-corrected chi connectivity index (χ1v) is 11.9. The molecule has 0 saturated carbocycles. The standard InChI is InChI=1S/C23H26N4O3S/c1-18-16-19(26-23(25-18)27-14-6-3-7-15-27)17-24-31(28,29)22-12-10-21(11-13-22)30-20-8-4-2-5-9-20/h2,4-5,8-13,16,24H,3,6-7,14-15,17H2,1H3. The lowest BCUT2D eigenvalue weighted by molar-refractivity contribution is 0.482. The maximum Gasteiger partial charge on any atom is 0.240 e. The molecule has 162 valence electrons. The number of anilines is 1. The quantitative estimate of drug-likeness (QED) is 0.599. The maximum absolute atomic E-state index is 12.7. The summed E-state index contributed by atoms with van der Waals surface area (Å²) in [4.78, 5) is 11.5. The molecule has 1 fully saturated rings. The van der Waals surface area contributed by atoms with Crippen molar-refractivity contribution in [3.63, 3.8) is 0 Å². The van der Waals surface area contributed by atoms with Crippen LogP contribution in [0.4, 0.5) is 5.95 Å². The lowest BCUT2D eigenvalue weighted by Crippen LogP contribution is -2.32. The number of hydrogen-bond acceptors (Lipinski definition) is 6. The van der Waals surface area contributed by atoms with Crippen molar-refractivity contribution in [2.45, 2.75) is 37.6 Å². The Labute approximate surface area is 183 Å². The molecule has 0 aliphatic carbocycles. The Bertz CT molecular complexity index is 1110. The second-order valence-electron chi connectivity index (χ2n) is 7.56. The average Bonchev–Trinajstić information content (AvgIpc) is 2.79. The number of benzene rings is 2. The fourth-order valence-corrected chi connectivity index (χ4v) is 4.51. The van der Waals surface area contributed by atoms with Crippen molar-refractivity contribution in [2.75, 3.05) is 18.0 Å². The molecule has 0 amide bonds. The molecule has 4 rings (SSSR count). The van der Waals surface area contributed by atoms with Crippen molar-refractivity contribution in [2.24, 2.45) is 0 Å². The molecule has 3 aromatic rings. The summed E-state index contributed by atoms with van der Waals surface area (Å²) in [6.45, 7) is 3.88. The molecular formula is C23H26N4O3S. The molecule has 31 heavy (non-hydrogen) atoms. The van der Waals surface area contributed by atoms with Gasteiger partial charge in [0.05, 0.1) is 17.1 Å². The molecule has 0 unspecified atom stereocenters. The van der Waals surface area contributed by atoms with Crippen LogP contribution >= 0.6 is 0 Å². The van der Waals surface area contributed by atoms with Crippen molar-refractivity contribution < 1.29 is 13.2 Å². The summed E-state index contributed by atoms with van der Waals surface area (Å²) in [5, 5.41) is 0. The third-order valence-electron chi connectivity index (χ3n) is 5.09. The molecule has 1 aromatic heterocycles. The molecule has 0 spiro atoms. The fraction of sp³-hybridized carbons (Fsp3) is 0.304. The smallest absolute Gasteiger partial charge is 0.240 e. The van der Waals surface area contributed by atoms with E-state index in [4.69, 9.17) is 4.74 Å². The summed E-state index contributed by atoms with van der Waals surface area (Å²) in [6, 6.07) is 17.5. The zero-order chi connectivity index (χ0) is 21.7. The molecule has 1 saturated heterocycles. The van der Waals surface area contributed by atoms with E-state index in [2.05, 4.69) is 19.6 Å². The largest absolute Gasteiger partial charge is 0.457 e. The summed E-state index contributed by atoms with van der Waals surface area (Å²) in [5.41, 5.74) is 1.48. The second kappa shape index (κ2) is 9.45. The van der Waals surface area contributed by atoms with Gasteiger partial charge >= 0.3 is 0 Å². The number of hydrogen-bond donors (Lipinski definition) is 1. The van der Waals surface area contributed by atoms with Crippen LogP contribution in [0.1, 0.15) is 30.7 Å². The van der Waals surface area contributed by atoms with Crippen LogP contribution in [0.3, 0.4) is 0 Å². The minimum atomic E-state index is -3.68. The highest BCUT2D eigenvalue weighted by atomic mass is 32.2. The number of piperidine rings is 1. The van der Waals surface area contributed by atoms with Crippen molar-refractivity contribution >= 4 is 16.0 Å². The molecular weight excluding hydrogens is 412 g/mol. The Hall–Kier alpha value is -2.97. The molecule has 1 aliphatic heterocycles. The van der Waals surface area contributed by atoms with Gasteiger partial charge in [-0.05, 0) is 68.7 Å². The monoisotopic (exact) mass is 438 g/mol. The topological polar surface area (TPSA) is 84.4 Å². The van der Waals surface area contributed by atoms with Gasteiger partial charge in [0, 0.05) is 18.8 Å². The summed E-state index contributed by atoms with van der Waals surface area (Å²) in [5.74, 6) is 1.94. The molecule has 0 bridgehead atoms. The number of rotatable bonds is 7. The van der Waals surface area contributed by atoms with Crippen molar-refractivity contribution in [1.29, 1.82) is 0 Å². The van der Waals surface area contributed by atoms with Crippen molar-refractivity contribution in [3.05, 3.63) is 72.1 Å². The van der Waals surface area contributed by atoms with Crippen LogP contribution in [-0.2, 0) is 16.6 Å². The molecule has 0 atom stereocenters. The molecule has 0 radical (unpaired) electrons. The number of sulfonamides is 1. The highest BCUT2D eigenvalue weighted by Gasteiger charge is 2.17. The third kappa shape index (κ3) is 5.59. The molecule has 8 heteroatoms. The van der Waals surface area contributed by atoms with Crippen molar-refractivity contribution in [3.8, 4) is 11.5 Å². The lowest BCUT2D eigenvalue weighted by atomic mass is 10.1. The Morgan fingerprint density at radius 3 is 2.32 bits per heavy atom. The Morgan fingerprint density at radius 1 is 0.935 bits per heavy atom. The van der Waals surface area contributed by atoms with Crippen LogP contribution in [0.25, 0.3) is 0 Å². The molecule has 1 N–H and O–H groups in total. The van der Waals surface area contributed by atoms with E-state index in [-0.39, 0.29) is 11.4 Å². The van der Waals surface area contributed by atoms with Gasteiger partial charge in [-0.3, -0.25) is 0 Å². The van der Waals surface area contributed by atoms with Crippen LogP contribution in [0.5, 0.6) is 11.5 Å². The van der Waals surface area contributed by atoms with Gasteiger partial charge in [0.15, 0.2) is 0 Å². The first kappa shape index (κ1) is 21.3. The first-order chi connectivity index (χ1) is 15.0. The molecule has 7 nitrogen and oxygen atoms in total. The highest BCUT2D eigenvalue weighted by Crippen LogP contribution is 2.23. The van der Waals surface area contributed by atoms with Gasteiger partial charge in [0.2, 0.25) is 16.0 Å². The molecule has 2 heterocycles. The van der Waals surface area contributed by atoms with Crippen LogP contribution < -0.4 is 14.4 Å². The predicted octanol–water partition coefficient (Wildman–Crippen LogP) is 4.05. The number of para-hydroxylation sites is 1. The number of nitrogens with one attached hydrogen (secondary N) is 1. The van der Waals surface area contributed by atoms with E-state index in [1.165, 1.54) is 18.6 Å². The lowest BCUT2D eigenvalue weighted by Gasteiger charge is -2.27. The van der Waals surface area contributed by atoms with Crippen LogP contribution in [0.15, 0.2) is 65.6 Å². The zero-order valence-corrected chi connectivity index (χ0v) is 18.3. The minimum Gasteiger partial charge on any atom is -0.457 e. The highest BCUT2D eigenvalue weighted by molar-refractivity contribution is 7.89. The Balaban J connectivity index is 1.42. The average molecular weight is 439 g/mol. The van der Waals surface area contributed by atoms with Gasteiger partial charge < -0.3 is 9.64 Å². The first-order valence-electron chi connectivity index (χ1n) is 10.4. The van der Waals surface area contributed by atoms with E-state index in [1.54, 1.807) is 12.1 Å². The summed E-state index contributed by atoms with van der Waals surface area (Å²) in [6.07, 6.45) is 3.48. The predicted molar refractivity (Wildman–Crippen MR) is 120 cm³/mol. The van der Waals surface area contributed by atoms with E-state index in [1.807, 2.05) is 43.3 Å². The third-order valence-corrected chi connectivity index (χ3v) is 6.51. The van der Waals surface area contributed by atoms with Gasteiger partial charge in [-0.15, -0.1) is 0 Å². The number of aromatic nitrogens is 2.